The van der Waals surface area contributed by atoms with E-state index in [0.717, 1.165) is 22.8 Å². The lowest BCUT2D eigenvalue weighted by Gasteiger charge is -1.92. The SMILES string of the molecule is COC(=O)c1cc(-c2cccnc2)ns1. The van der Waals surface area contributed by atoms with Crippen molar-refractivity contribution in [3.05, 3.63) is 35.5 Å². The van der Waals surface area contributed by atoms with Gasteiger partial charge in [0, 0.05) is 18.0 Å². The molecular formula is C10H8N2O2S. The van der Waals surface area contributed by atoms with Crippen LogP contribution in [0.15, 0.2) is 30.6 Å². The number of rotatable bonds is 2. The lowest BCUT2D eigenvalue weighted by Crippen LogP contribution is -1.96. The molecule has 76 valence electrons. The van der Waals surface area contributed by atoms with Gasteiger partial charge in [0.1, 0.15) is 4.88 Å². The summed E-state index contributed by atoms with van der Waals surface area (Å²) in [5.41, 5.74) is 1.64. The summed E-state index contributed by atoms with van der Waals surface area (Å²) in [6.07, 6.45) is 3.40. The molecule has 0 unspecified atom stereocenters. The largest absolute Gasteiger partial charge is 0.465 e. The van der Waals surface area contributed by atoms with Crippen LogP contribution in [0.1, 0.15) is 9.67 Å². The number of nitrogens with zero attached hydrogens (tertiary/aromatic N) is 2. The number of pyridine rings is 1. The average molecular weight is 220 g/mol. The zero-order valence-corrected chi connectivity index (χ0v) is 8.82. The average Bonchev–Trinajstić information content (AvgIpc) is 2.78. The zero-order chi connectivity index (χ0) is 10.7. The Bertz CT molecular complexity index is 467. The number of hydrogen-bond acceptors (Lipinski definition) is 5. The topological polar surface area (TPSA) is 52.1 Å². The Balaban J connectivity index is 2.32. The highest BCUT2D eigenvalue weighted by Gasteiger charge is 2.11. The minimum Gasteiger partial charge on any atom is -0.465 e. The Morgan fingerprint density at radius 1 is 1.53 bits per heavy atom. The van der Waals surface area contributed by atoms with Gasteiger partial charge in [0.25, 0.3) is 0 Å². The van der Waals surface area contributed by atoms with Gasteiger partial charge >= 0.3 is 5.97 Å². The summed E-state index contributed by atoms with van der Waals surface area (Å²) in [6, 6.07) is 5.42. The number of carbonyl (C=O) groups excluding carboxylic acids is 1. The van der Waals surface area contributed by atoms with Crippen molar-refractivity contribution in [2.45, 2.75) is 0 Å². The molecule has 4 nitrogen and oxygen atoms in total. The first-order valence-electron chi connectivity index (χ1n) is 4.26. The predicted octanol–water partition coefficient (Wildman–Crippen LogP) is 1.99. The summed E-state index contributed by atoms with van der Waals surface area (Å²) >= 11 is 1.12. The number of esters is 1. The van der Waals surface area contributed by atoms with Crippen molar-refractivity contribution in [3.8, 4) is 11.3 Å². The molecule has 2 aromatic heterocycles. The molecule has 0 spiro atoms. The first-order valence-corrected chi connectivity index (χ1v) is 5.04. The van der Waals surface area contributed by atoms with E-state index in [1.807, 2.05) is 12.1 Å². The minimum atomic E-state index is -0.359. The van der Waals surface area contributed by atoms with E-state index in [4.69, 9.17) is 0 Å². The van der Waals surface area contributed by atoms with E-state index < -0.39 is 0 Å². The number of hydrogen-bond donors (Lipinski definition) is 0. The number of aromatic nitrogens is 2. The van der Waals surface area contributed by atoms with E-state index in [0.29, 0.717) is 4.88 Å². The Kier molecular flexibility index (Phi) is 2.73. The zero-order valence-electron chi connectivity index (χ0n) is 8.01. The van der Waals surface area contributed by atoms with Crippen LogP contribution in [-0.4, -0.2) is 22.4 Å². The third-order valence-electron chi connectivity index (χ3n) is 1.85. The number of ether oxygens (including phenoxy) is 1. The summed E-state index contributed by atoms with van der Waals surface area (Å²) in [5.74, 6) is -0.359. The molecule has 0 saturated carbocycles. The van der Waals surface area contributed by atoms with Crippen LogP contribution >= 0.6 is 11.5 Å². The highest BCUT2D eigenvalue weighted by Crippen LogP contribution is 2.21. The fourth-order valence-electron chi connectivity index (χ4n) is 1.12. The molecule has 2 aromatic rings. The third-order valence-corrected chi connectivity index (χ3v) is 2.62. The van der Waals surface area contributed by atoms with Gasteiger partial charge in [-0.3, -0.25) is 4.98 Å². The van der Waals surface area contributed by atoms with E-state index in [9.17, 15) is 4.79 Å². The van der Waals surface area contributed by atoms with Gasteiger partial charge < -0.3 is 4.74 Å². The van der Waals surface area contributed by atoms with Crippen molar-refractivity contribution >= 4 is 17.5 Å². The second-order valence-electron chi connectivity index (χ2n) is 2.81. The highest BCUT2D eigenvalue weighted by molar-refractivity contribution is 7.08. The molecule has 0 aromatic carbocycles. The number of carbonyl (C=O) groups is 1. The van der Waals surface area contributed by atoms with E-state index in [-0.39, 0.29) is 5.97 Å². The summed E-state index contributed by atoms with van der Waals surface area (Å²) in [6.45, 7) is 0. The maximum atomic E-state index is 11.2. The van der Waals surface area contributed by atoms with Crippen LogP contribution in [0.5, 0.6) is 0 Å². The normalized spacial score (nSPS) is 9.93. The second-order valence-corrected chi connectivity index (χ2v) is 3.61. The van der Waals surface area contributed by atoms with Gasteiger partial charge in [-0.05, 0) is 29.7 Å². The highest BCUT2D eigenvalue weighted by atomic mass is 32.1. The van der Waals surface area contributed by atoms with Crippen LogP contribution < -0.4 is 0 Å². The molecule has 2 rings (SSSR count). The van der Waals surface area contributed by atoms with E-state index in [1.54, 1.807) is 18.5 Å². The van der Waals surface area contributed by atoms with Crippen molar-refractivity contribution in [2.24, 2.45) is 0 Å². The van der Waals surface area contributed by atoms with Gasteiger partial charge in [0.15, 0.2) is 0 Å². The Labute approximate surface area is 90.7 Å². The van der Waals surface area contributed by atoms with Gasteiger partial charge in [-0.25, -0.2) is 4.79 Å². The molecule has 15 heavy (non-hydrogen) atoms. The standard InChI is InChI=1S/C10H8N2O2S/c1-14-10(13)9-5-8(12-15-9)7-3-2-4-11-6-7/h2-6H,1H3. The van der Waals surface area contributed by atoms with E-state index >= 15 is 0 Å². The van der Waals surface area contributed by atoms with E-state index in [2.05, 4.69) is 14.1 Å². The maximum absolute atomic E-state index is 11.2. The van der Waals surface area contributed by atoms with Crippen LogP contribution in [0.3, 0.4) is 0 Å². The maximum Gasteiger partial charge on any atom is 0.349 e. The van der Waals surface area contributed by atoms with Gasteiger partial charge in [0.05, 0.1) is 12.8 Å². The molecule has 0 radical (unpaired) electrons. The lowest BCUT2D eigenvalue weighted by molar-refractivity contribution is 0.0606. The van der Waals surface area contributed by atoms with Crippen molar-refractivity contribution in [1.82, 2.24) is 9.36 Å². The molecule has 0 aliphatic heterocycles. The van der Waals surface area contributed by atoms with Crippen LogP contribution in [0.25, 0.3) is 11.3 Å². The van der Waals surface area contributed by atoms with E-state index in [1.165, 1.54) is 7.11 Å². The Morgan fingerprint density at radius 2 is 2.40 bits per heavy atom. The van der Waals surface area contributed by atoms with Gasteiger partial charge in [-0.1, -0.05) is 0 Å². The molecule has 0 amide bonds. The number of methoxy groups -OCH3 is 1. The van der Waals surface area contributed by atoms with Crippen molar-refractivity contribution in [1.29, 1.82) is 0 Å². The molecule has 0 atom stereocenters. The molecule has 5 heteroatoms. The predicted molar refractivity (Wildman–Crippen MR) is 56.7 cm³/mol. The molecule has 0 bridgehead atoms. The smallest absolute Gasteiger partial charge is 0.349 e. The summed E-state index contributed by atoms with van der Waals surface area (Å²) < 4.78 is 8.76. The fourth-order valence-corrected chi connectivity index (χ4v) is 1.80. The first-order chi connectivity index (χ1) is 7.31. The van der Waals surface area contributed by atoms with Crippen molar-refractivity contribution in [2.75, 3.05) is 7.11 Å². The molecule has 0 fully saturated rings. The Hall–Kier alpha value is -1.75. The monoisotopic (exact) mass is 220 g/mol. The molecule has 0 N–H and O–H groups in total. The van der Waals surface area contributed by atoms with Gasteiger partial charge in [-0.15, -0.1) is 0 Å². The minimum absolute atomic E-state index is 0.359. The molecular weight excluding hydrogens is 212 g/mol. The first kappa shape index (κ1) is 9.79. The molecule has 2 heterocycles. The molecule has 0 aliphatic rings. The van der Waals surface area contributed by atoms with Crippen molar-refractivity contribution < 1.29 is 9.53 Å². The van der Waals surface area contributed by atoms with Crippen LogP contribution in [0.2, 0.25) is 0 Å². The summed E-state index contributed by atoms with van der Waals surface area (Å²) in [5, 5.41) is 0. The molecule has 0 saturated heterocycles. The summed E-state index contributed by atoms with van der Waals surface area (Å²) in [4.78, 5) is 15.7. The van der Waals surface area contributed by atoms with Crippen LogP contribution in [0.4, 0.5) is 0 Å². The summed E-state index contributed by atoms with van der Waals surface area (Å²) in [7, 11) is 1.35. The second kappa shape index (κ2) is 4.18. The quantitative estimate of drug-likeness (QED) is 0.726. The lowest BCUT2D eigenvalue weighted by atomic mass is 10.2. The van der Waals surface area contributed by atoms with Crippen LogP contribution in [0, 0.1) is 0 Å². The molecule has 0 aliphatic carbocycles. The van der Waals surface area contributed by atoms with Gasteiger partial charge in [0.2, 0.25) is 0 Å². The van der Waals surface area contributed by atoms with Crippen LogP contribution in [-0.2, 0) is 4.74 Å². The van der Waals surface area contributed by atoms with Gasteiger partial charge in [-0.2, -0.15) is 4.37 Å². The fraction of sp³-hybridized carbons (Fsp3) is 0.100. The Morgan fingerprint density at radius 3 is 3.07 bits per heavy atom. The third kappa shape index (κ3) is 2.02. The van der Waals surface area contributed by atoms with Crippen molar-refractivity contribution in [3.63, 3.8) is 0 Å².